The summed E-state index contributed by atoms with van der Waals surface area (Å²) < 4.78 is 28.6. The van der Waals surface area contributed by atoms with Gasteiger partial charge >= 0.3 is 5.97 Å². The van der Waals surface area contributed by atoms with Crippen LogP contribution >= 0.6 is 0 Å². The van der Waals surface area contributed by atoms with Crippen molar-refractivity contribution in [3.63, 3.8) is 0 Å². The summed E-state index contributed by atoms with van der Waals surface area (Å²) in [5, 5.41) is 14.8. The van der Waals surface area contributed by atoms with Crippen molar-refractivity contribution in [2.75, 3.05) is 12.8 Å². The SMILES string of the molecule is C#CCc1ccc(C(=O)O)c(OC)c1-c1cc(C(N)=O)c(N)c(-c2ccc(S(N)(=O)=O)cc2)c1. The number of ether oxygens (including phenoxy) is 1. The average Bonchev–Trinajstić information content (AvgIpc) is 2.78. The molecule has 0 aromatic heterocycles. The van der Waals surface area contributed by atoms with E-state index in [1.165, 1.54) is 43.5 Å². The zero-order chi connectivity index (χ0) is 25.2. The van der Waals surface area contributed by atoms with Gasteiger partial charge in [0.25, 0.3) is 5.91 Å². The van der Waals surface area contributed by atoms with Crippen molar-refractivity contribution in [3.8, 4) is 40.3 Å². The standard InChI is InChI=1S/C24H21N3O6S/c1-3-4-14-7-10-17(24(29)30)22(33-2)20(14)15-11-18(21(25)19(12-15)23(26)28)13-5-8-16(9-6-13)34(27,31)32/h1,5-12H,4,25H2,2H3,(H2,26,28)(H,29,30)(H2,27,31,32). The fourth-order valence-corrected chi connectivity index (χ4v) is 4.16. The molecule has 0 atom stereocenters. The molecule has 10 heteroatoms. The van der Waals surface area contributed by atoms with Gasteiger partial charge in [0, 0.05) is 17.5 Å². The van der Waals surface area contributed by atoms with Crippen molar-refractivity contribution in [2.45, 2.75) is 11.3 Å². The number of hydrogen-bond donors (Lipinski definition) is 4. The van der Waals surface area contributed by atoms with E-state index in [1.807, 2.05) is 0 Å². The summed E-state index contributed by atoms with van der Waals surface area (Å²) in [5.74, 6) is 0.549. The Hall–Kier alpha value is -4.33. The van der Waals surface area contributed by atoms with Crippen LogP contribution in [0.15, 0.2) is 53.4 Å². The van der Waals surface area contributed by atoms with Gasteiger partial charge in [-0.15, -0.1) is 12.3 Å². The second kappa shape index (κ2) is 9.27. The number of carbonyl (C=O) groups excluding carboxylic acids is 1. The monoisotopic (exact) mass is 479 g/mol. The van der Waals surface area contributed by atoms with Crippen molar-refractivity contribution < 1.29 is 27.9 Å². The molecule has 0 saturated heterocycles. The average molecular weight is 480 g/mol. The second-order valence-corrected chi connectivity index (χ2v) is 8.85. The summed E-state index contributed by atoms with van der Waals surface area (Å²) in [6.45, 7) is 0. The van der Waals surface area contributed by atoms with E-state index in [2.05, 4.69) is 5.92 Å². The molecule has 1 amide bonds. The Kier molecular flexibility index (Phi) is 6.63. The maximum Gasteiger partial charge on any atom is 0.339 e. The molecule has 174 valence electrons. The van der Waals surface area contributed by atoms with Crippen LogP contribution in [0, 0.1) is 12.3 Å². The molecule has 3 aromatic rings. The summed E-state index contributed by atoms with van der Waals surface area (Å²) in [4.78, 5) is 23.9. The highest BCUT2D eigenvalue weighted by molar-refractivity contribution is 7.89. The molecule has 0 radical (unpaired) electrons. The first kappa shape index (κ1) is 24.3. The number of aromatic carboxylic acids is 1. The van der Waals surface area contributed by atoms with Crippen LogP contribution in [0.5, 0.6) is 5.75 Å². The molecule has 0 aliphatic carbocycles. The molecule has 3 aromatic carbocycles. The zero-order valence-electron chi connectivity index (χ0n) is 18.0. The van der Waals surface area contributed by atoms with Gasteiger partial charge in [-0.05, 0) is 47.0 Å². The van der Waals surface area contributed by atoms with Crippen LogP contribution in [0.3, 0.4) is 0 Å². The summed E-state index contributed by atoms with van der Waals surface area (Å²) in [6, 6.07) is 11.6. The number of carboxylic acids is 1. The predicted octanol–water partition coefficient (Wildman–Crippen LogP) is 2.23. The number of amides is 1. The van der Waals surface area contributed by atoms with Crippen LogP contribution in [-0.4, -0.2) is 32.5 Å². The van der Waals surface area contributed by atoms with Gasteiger partial charge < -0.3 is 21.3 Å². The first-order valence-electron chi connectivity index (χ1n) is 9.73. The number of rotatable bonds is 7. The highest BCUT2D eigenvalue weighted by Gasteiger charge is 2.23. The Balaban J connectivity index is 2.38. The third kappa shape index (κ3) is 4.56. The zero-order valence-corrected chi connectivity index (χ0v) is 18.8. The molecule has 0 heterocycles. The molecule has 9 nitrogen and oxygen atoms in total. The summed E-state index contributed by atoms with van der Waals surface area (Å²) >= 11 is 0. The molecule has 3 rings (SSSR count). The van der Waals surface area contributed by atoms with E-state index in [0.29, 0.717) is 27.8 Å². The van der Waals surface area contributed by atoms with Crippen molar-refractivity contribution in [2.24, 2.45) is 10.9 Å². The lowest BCUT2D eigenvalue weighted by molar-refractivity contribution is 0.0693. The number of nitrogen functional groups attached to an aromatic ring is 1. The van der Waals surface area contributed by atoms with Gasteiger partial charge in [0.2, 0.25) is 10.0 Å². The molecule has 0 unspecified atom stereocenters. The lowest BCUT2D eigenvalue weighted by Gasteiger charge is -2.19. The van der Waals surface area contributed by atoms with E-state index in [9.17, 15) is 23.1 Å². The smallest absolute Gasteiger partial charge is 0.339 e. The predicted molar refractivity (Wildman–Crippen MR) is 128 cm³/mol. The Labute approximate surface area is 196 Å². The Morgan fingerprint density at radius 3 is 2.21 bits per heavy atom. The molecule has 0 aliphatic rings. The third-order valence-electron chi connectivity index (χ3n) is 5.20. The molecule has 34 heavy (non-hydrogen) atoms. The highest BCUT2D eigenvalue weighted by atomic mass is 32.2. The van der Waals surface area contributed by atoms with Crippen LogP contribution in [-0.2, 0) is 16.4 Å². The number of primary amides is 1. The third-order valence-corrected chi connectivity index (χ3v) is 6.13. The van der Waals surface area contributed by atoms with Crippen LogP contribution in [0.25, 0.3) is 22.3 Å². The van der Waals surface area contributed by atoms with Crippen molar-refractivity contribution >= 4 is 27.6 Å². The quantitative estimate of drug-likeness (QED) is 0.297. The highest BCUT2D eigenvalue weighted by Crippen LogP contribution is 2.41. The minimum atomic E-state index is -3.91. The lowest BCUT2D eigenvalue weighted by Crippen LogP contribution is -2.15. The molecular weight excluding hydrogens is 458 g/mol. The molecule has 7 N–H and O–H groups in total. The van der Waals surface area contributed by atoms with Crippen LogP contribution in [0.1, 0.15) is 26.3 Å². The van der Waals surface area contributed by atoms with Gasteiger partial charge in [-0.1, -0.05) is 18.2 Å². The van der Waals surface area contributed by atoms with E-state index >= 15 is 0 Å². The van der Waals surface area contributed by atoms with Gasteiger partial charge in [0.15, 0.2) is 0 Å². The van der Waals surface area contributed by atoms with Crippen molar-refractivity contribution in [1.29, 1.82) is 0 Å². The van der Waals surface area contributed by atoms with Gasteiger partial charge in [-0.3, -0.25) is 4.79 Å². The van der Waals surface area contributed by atoms with Gasteiger partial charge in [-0.2, -0.15) is 0 Å². The normalized spacial score (nSPS) is 11.0. The number of nitrogens with two attached hydrogens (primary N) is 3. The molecular formula is C24H21N3O6S. The fraction of sp³-hybridized carbons (Fsp3) is 0.0833. The number of methoxy groups -OCH3 is 1. The number of anilines is 1. The number of terminal acetylenes is 1. The molecule has 0 aliphatic heterocycles. The Morgan fingerprint density at radius 1 is 1.06 bits per heavy atom. The number of carboxylic acid groups (broad SMARTS) is 1. The Morgan fingerprint density at radius 2 is 1.71 bits per heavy atom. The summed E-state index contributed by atoms with van der Waals surface area (Å²) in [7, 11) is -2.59. The maximum atomic E-state index is 12.2. The van der Waals surface area contributed by atoms with Crippen molar-refractivity contribution in [3.05, 3.63) is 65.2 Å². The minimum absolute atomic E-state index is 0.0162. The molecule has 0 fully saturated rings. The van der Waals surface area contributed by atoms with E-state index in [-0.39, 0.29) is 33.9 Å². The number of sulfonamides is 1. The topological polar surface area (TPSA) is 176 Å². The van der Waals surface area contributed by atoms with Gasteiger partial charge in [0.1, 0.15) is 11.3 Å². The van der Waals surface area contributed by atoms with E-state index in [4.69, 9.17) is 27.8 Å². The number of hydrogen-bond acceptors (Lipinski definition) is 6. The first-order valence-corrected chi connectivity index (χ1v) is 11.3. The first-order chi connectivity index (χ1) is 16.0. The van der Waals surface area contributed by atoms with E-state index in [0.717, 1.165) is 0 Å². The largest absolute Gasteiger partial charge is 0.495 e. The summed E-state index contributed by atoms with van der Waals surface area (Å²) in [6.07, 6.45) is 5.66. The molecule has 0 bridgehead atoms. The fourth-order valence-electron chi connectivity index (χ4n) is 3.64. The van der Waals surface area contributed by atoms with E-state index in [1.54, 1.807) is 12.1 Å². The van der Waals surface area contributed by atoms with Gasteiger partial charge in [0.05, 0.1) is 23.3 Å². The van der Waals surface area contributed by atoms with Crippen LogP contribution in [0.4, 0.5) is 5.69 Å². The van der Waals surface area contributed by atoms with E-state index < -0.39 is 21.9 Å². The number of benzene rings is 3. The number of carbonyl (C=O) groups is 2. The van der Waals surface area contributed by atoms with Crippen LogP contribution < -0.4 is 21.3 Å². The maximum absolute atomic E-state index is 12.2. The summed E-state index contributed by atoms with van der Waals surface area (Å²) in [5.41, 5.74) is 13.9. The molecule has 0 spiro atoms. The minimum Gasteiger partial charge on any atom is -0.495 e. The number of primary sulfonamides is 1. The molecule has 0 saturated carbocycles. The van der Waals surface area contributed by atoms with Crippen molar-refractivity contribution in [1.82, 2.24) is 0 Å². The second-order valence-electron chi connectivity index (χ2n) is 7.29. The lowest BCUT2D eigenvalue weighted by atomic mass is 9.89. The van der Waals surface area contributed by atoms with Gasteiger partial charge in [-0.25, -0.2) is 18.4 Å². The Bertz CT molecular complexity index is 1460. The van der Waals surface area contributed by atoms with Crippen LogP contribution in [0.2, 0.25) is 0 Å².